The maximum absolute atomic E-state index is 13.2. The predicted molar refractivity (Wildman–Crippen MR) is 129 cm³/mol. The summed E-state index contributed by atoms with van der Waals surface area (Å²) in [4.78, 5) is 29.6. The number of nitrogens with zero attached hydrogens (tertiary/aromatic N) is 1. The zero-order chi connectivity index (χ0) is 23.4. The lowest BCUT2D eigenvalue weighted by Crippen LogP contribution is -2.34. The molecule has 0 spiro atoms. The van der Waals surface area contributed by atoms with Gasteiger partial charge >= 0.3 is 0 Å². The maximum atomic E-state index is 13.2. The summed E-state index contributed by atoms with van der Waals surface area (Å²) < 4.78 is 5.42. The van der Waals surface area contributed by atoms with Crippen molar-refractivity contribution in [3.63, 3.8) is 0 Å². The Balaban J connectivity index is 1.62. The Morgan fingerprint density at radius 1 is 1.03 bits per heavy atom. The van der Waals surface area contributed by atoms with Crippen molar-refractivity contribution in [3.8, 4) is 5.75 Å². The third-order valence-electron chi connectivity index (χ3n) is 6.24. The van der Waals surface area contributed by atoms with Crippen molar-refractivity contribution in [2.24, 2.45) is 0 Å². The van der Waals surface area contributed by atoms with Crippen molar-refractivity contribution in [1.82, 2.24) is 10.3 Å². The normalized spacial score (nSPS) is 14.9. The number of anilines is 1. The monoisotopic (exact) mass is 441 g/mol. The van der Waals surface area contributed by atoms with Crippen LogP contribution in [-0.4, -0.2) is 23.8 Å². The number of ether oxygens (including phenoxy) is 1. The topological polar surface area (TPSA) is 80.3 Å². The number of allylic oxidation sites excluding steroid dienone is 1. The summed E-state index contributed by atoms with van der Waals surface area (Å²) in [5.74, 6) is 0.349. The molecule has 2 aromatic carbocycles. The van der Waals surface area contributed by atoms with Crippen LogP contribution in [0, 0.1) is 0 Å². The van der Waals surface area contributed by atoms with Gasteiger partial charge in [-0.25, -0.2) is 0 Å². The van der Waals surface area contributed by atoms with Crippen LogP contribution >= 0.6 is 0 Å². The Kier molecular flexibility index (Phi) is 6.27. The molecule has 0 saturated carbocycles. The van der Waals surface area contributed by atoms with Crippen molar-refractivity contribution in [2.75, 3.05) is 12.4 Å². The van der Waals surface area contributed by atoms with Crippen LogP contribution in [0.1, 0.15) is 58.5 Å². The summed E-state index contributed by atoms with van der Waals surface area (Å²) in [7, 11) is 1.64. The molecule has 3 aromatic rings. The fourth-order valence-electron chi connectivity index (χ4n) is 4.28. The molecule has 0 bridgehead atoms. The SMILES string of the molecule is CCC1(CC)N/C(=C\C(=O)c2cccc(NC(=O)c3ccncc3)c2)c2cc(OC)ccc21. The molecule has 0 aliphatic carbocycles. The third-order valence-corrected chi connectivity index (χ3v) is 6.24. The summed E-state index contributed by atoms with van der Waals surface area (Å²) in [5, 5.41) is 6.44. The molecule has 0 radical (unpaired) electrons. The summed E-state index contributed by atoms with van der Waals surface area (Å²) in [6, 6.07) is 16.2. The van der Waals surface area contributed by atoms with E-state index in [2.05, 4.69) is 35.5 Å². The van der Waals surface area contributed by atoms with E-state index in [9.17, 15) is 9.59 Å². The highest BCUT2D eigenvalue weighted by Gasteiger charge is 2.38. The minimum Gasteiger partial charge on any atom is -0.497 e. The largest absolute Gasteiger partial charge is 0.497 e. The predicted octanol–water partition coefficient (Wildman–Crippen LogP) is 5.18. The molecule has 168 valence electrons. The van der Waals surface area contributed by atoms with Crippen LogP contribution in [0.4, 0.5) is 5.69 Å². The summed E-state index contributed by atoms with van der Waals surface area (Å²) in [5.41, 5.74) is 4.27. The average Bonchev–Trinajstić information content (AvgIpc) is 3.17. The van der Waals surface area contributed by atoms with E-state index in [4.69, 9.17) is 4.74 Å². The number of hydrogen-bond donors (Lipinski definition) is 2. The number of carbonyl (C=O) groups excluding carboxylic acids is 2. The first-order chi connectivity index (χ1) is 16.0. The van der Waals surface area contributed by atoms with E-state index in [1.54, 1.807) is 62.0 Å². The number of hydrogen-bond acceptors (Lipinski definition) is 5. The summed E-state index contributed by atoms with van der Waals surface area (Å²) in [6.45, 7) is 4.29. The van der Waals surface area contributed by atoms with Gasteiger partial charge in [-0.3, -0.25) is 14.6 Å². The van der Waals surface area contributed by atoms with Crippen molar-refractivity contribution in [1.29, 1.82) is 0 Å². The van der Waals surface area contributed by atoms with Gasteiger partial charge in [0.05, 0.1) is 12.6 Å². The first kappa shape index (κ1) is 22.3. The number of ketones is 1. The van der Waals surface area contributed by atoms with Gasteiger partial charge in [-0.1, -0.05) is 32.0 Å². The van der Waals surface area contributed by atoms with E-state index < -0.39 is 0 Å². The van der Waals surface area contributed by atoms with Crippen molar-refractivity contribution < 1.29 is 14.3 Å². The van der Waals surface area contributed by atoms with E-state index >= 15 is 0 Å². The minimum atomic E-state index is -0.255. The maximum Gasteiger partial charge on any atom is 0.255 e. The Morgan fingerprint density at radius 3 is 2.48 bits per heavy atom. The van der Waals surface area contributed by atoms with Gasteiger partial charge < -0.3 is 15.4 Å². The van der Waals surface area contributed by atoms with Gasteiger partial charge in [0, 0.05) is 46.5 Å². The Bertz CT molecular complexity index is 1210. The molecule has 0 saturated heterocycles. The molecule has 1 aromatic heterocycles. The fourth-order valence-corrected chi connectivity index (χ4v) is 4.28. The number of amides is 1. The summed E-state index contributed by atoms with van der Waals surface area (Å²) in [6.07, 6.45) is 6.55. The second kappa shape index (κ2) is 9.28. The van der Waals surface area contributed by atoms with Crippen LogP contribution in [0.15, 0.2) is 73.1 Å². The quantitative estimate of drug-likeness (QED) is 0.390. The highest BCUT2D eigenvalue weighted by Crippen LogP contribution is 2.43. The molecule has 4 rings (SSSR count). The molecule has 2 heterocycles. The molecule has 0 unspecified atom stereocenters. The molecule has 1 aliphatic heterocycles. The van der Waals surface area contributed by atoms with Gasteiger partial charge in [-0.15, -0.1) is 0 Å². The van der Waals surface area contributed by atoms with E-state index in [1.165, 1.54) is 5.56 Å². The highest BCUT2D eigenvalue weighted by atomic mass is 16.5. The van der Waals surface area contributed by atoms with E-state index in [0.717, 1.165) is 29.9 Å². The molecule has 33 heavy (non-hydrogen) atoms. The number of carbonyl (C=O) groups is 2. The van der Waals surface area contributed by atoms with Crippen molar-refractivity contribution in [3.05, 3.63) is 95.3 Å². The lowest BCUT2D eigenvalue weighted by atomic mass is 9.85. The fraction of sp³-hybridized carbons (Fsp3) is 0.222. The number of rotatable bonds is 7. The van der Waals surface area contributed by atoms with E-state index in [-0.39, 0.29) is 17.2 Å². The lowest BCUT2D eigenvalue weighted by molar-refractivity contribution is 0.102. The van der Waals surface area contributed by atoms with Crippen LogP contribution in [-0.2, 0) is 5.54 Å². The van der Waals surface area contributed by atoms with Crippen LogP contribution in [0.3, 0.4) is 0 Å². The van der Waals surface area contributed by atoms with Crippen LogP contribution < -0.4 is 15.4 Å². The molecule has 0 atom stereocenters. The molecule has 0 fully saturated rings. The standard InChI is InChI=1S/C27H27N3O3/c1-4-27(5-2)23-10-9-21(33-3)16-22(23)24(30-27)17-25(31)19-7-6-8-20(15-19)29-26(32)18-11-13-28-14-12-18/h6-17,30H,4-5H2,1-3H3,(H,29,32)/b24-17-. The highest BCUT2D eigenvalue weighted by molar-refractivity contribution is 6.10. The van der Waals surface area contributed by atoms with Crippen LogP contribution in [0.5, 0.6) is 5.75 Å². The van der Waals surface area contributed by atoms with Gasteiger partial charge in [0.2, 0.25) is 0 Å². The zero-order valence-electron chi connectivity index (χ0n) is 19.0. The van der Waals surface area contributed by atoms with Gasteiger partial charge in [-0.2, -0.15) is 0 Å². The van der Waals surface area contributed by atoms with Gasteiger partial charge in [0.15, 0.2) is 5.78 Å². The Hall–Kier alpha value is -3.93. The molecule has 1 amide bonds. The van der Waals surface area contributed by atoms with Gasteiger partial charge in [0.25, 0.3) is 5.91 Å². The first-order valence-electron chi connectivity index (χ1n) is 11.0. The molecule has 6 nitrogen and oxygen atoms in total. The average molecular weight is 442 g/mol. The molecular weight excluding hydrogens is 414 g/mol. The Morgan fingerprint density at radius 2 is 1.79 bits per heavy atom. The van der Waals surface area contributed by atoms with Crippen molar-refractivity contribution in [2.45, 2.75) is 32.2 Å². The minimum absolute atomic E-state index is 0.144. The number of benzene rings is 2. The number of nitrogens with one attached hydrogen (secondary N) is 2. The third kappa shape index (κ3) is 4.37. The second-order valence-corrected chi connectivity index (χ2v) is 8.02. The molecule has 2 N–H and O–H groups in total. The molecule has 1 aliphatic rings. The van der Waals surface area contributed by atoms with Gasteiger partial charge in [0.1, 0.15) is 5.75 Å². The van der Waals surface area contributed by atoms with E-state index in [1.807, 2.05) is 12.1 Å². The Labute approximate surface area is 193 Å². The van der Waals surface area contributed by atoms with E-state index in [0.29, 0.717) is 16.8 Å². The smallest absolute Gasteiger partial charge is 0.255 e. The number of pyridine rings is 1. The molecule has 6 heteroatoms. The number of fused-ring (bicyclic) bond motifs is 1. The molecular formula is C27H27N3O3. The number of aromatic nitrogens is 1. The van der Waals surface area contributed by atoms with Gasteiger partial charge in [-0.05, 0) is 54.8 Å². The van der Waals surface area contributed by atoms with Crippen molar-refractivity contribution >= 4 is 23.1 Å². The zero-order valence-corrected chi connectivity index (χ0v) is 19.0. The first-order valence-corrected chi connectivity index (χ1v) is 11.0. The second-order valence-electron chi connectivity index (χ2n) is 8.02. The van der Waals surface area contributed by atoms with Crippen LogP contribution in [0.2, 0.25) is 0 Å². The lowest BCUT2D eigenvalue weighted by Gasteiger charge is -2.28. The summed E-state index contributed by atoms with van der Waals surface area (Å²) >= 11 is 0. The number of methoxy groups -OCH3 is 1. The van der Waals surface area contributed by atoms with Crippen LogP contribution in [0.25, 0.3) is 5.70 Å².